The van der Waals surface area contributed by atoms with E-state index in [1.807, 2.05) is 43.3 Å². The van der Waals surface area contributed by atoms with Crippen LogP contribution in [0.2, 0.25) is 0 Å². The summed E-state index contributed by atoms with van der Waals surface area (Å²) in [5.74, 6) is -1.52. The van der Waals surface area contributed by atoms with Crippen LogP contribution < -0.4 is 0 Å². The molecule has 0 spiro atoms. The Morgan fingerprint density at radius 3 is 2.56 bits per heavy atom. The normalized spacial score (nSPS) is 19.8. The number of hydrogen-bond acceptors (Lipinski definition) is 3. The number of carbonyl (C=O) groups is 2. The third kappa shape index (κ3) is 3.87. The molecule has 0 radical (unpaired) electrons. The van der Waals surface area contributed by atoms with E-state index in [2.05, 4.69) is 4.98 Å². The molecule has 0 unspecified atom stereocenters. The van der Waals surface area contributed by atoms with Gasteiger partial charge in [-0.1, -0.05) is 24.3 Å². The first-order valence-electron chi connectivity index (χ1n) is 8.51. The maximum atomic E-state index is 12.6. The lowest BCUT2D eigenvalue weighted by atomic mass is 9.86. The van der Waals surface area contributed by atoms with Crippen molar-refractivity contribution >= 4 is 11.9 Å². The molecular weight excluding hydrogens is 316 g/mol. The summed E-state index contributed by atoms with van der Waals surface area (Å²) < 4.78 is 0. The molecule has 1 N–H and O–H groups in total. The maximum Gasteiger partial charge on any atom is 0.308 e. The van der Waals surface area contributed by atoms with E-state index in [0.717, 1.165) is 16.7 Å². The predicted molar refractivity (Wildman–Crippen MR) is 94.2 cm³/mol. The fourth-order valence-electron chi connectivity index (χ4n) is 3.53. The molecule has 0 bridgehead atoms. The van der Waals surface area contributed by atoms with Gasteiger partial charge >= 0.3 is 5.97 Å². The van der Waals surface area contributed by atoms with E-state index in [1.165, 1.54) is 0 Å². The summed E-state index contributed by atoms with van der Waals surface area (Å²) in [4.78, 5) is 29.9. The SMILES string of the molecule is Cc1ccccc1[C@H]1CN(C(=O)CCc2ccncc2)C[C@@H]1C(=O)O. The van der Waals surface area contributed by atoms with Gasteiger partial charge in [0.1, 0.15) is 0 Å². The molecule has 1 aromatic carbocycles. The Morgan fingerprint density at radius 1 is 1.16 bits per heavy atom. The number of aromatic nitrogens is 1. The number of carboxylic acids is 1. The van der Waals surface area contributed by atoms with Gasteiger partial charge < -0.3 is 10.0 Å². The summed E-state index contributed by atoms with van der Waals surface area (Å²) in [5.41, 5.74) is 3.16. The summed E-state index contributed by atoms with van der Waals surface area (Å²) in [6, 6.07) is 11.6. The van der Waals surface area contributed by atoms with E-state index < -0.39 is 11.9 Å². The Hall–Kier alpha value is -2.69. The lowest BCUT2D eigenvalue weighted by Crippen LogP contribution is -2.30. The van der Waals surface area contributed by atoms with Gasteiger partial charge in [-0.15, -0.1) is 0 Å². The largest absolute Gasteiger partial charge is 0.481 e. The van der Waals surface area contributed by atoms with Gasteiger partial charge in [0.05, 0.1) is 5.92 Å². The highest BCUT2D eigenvalue weighted by atomic mass is 16.4. The van der Waals surface area contributed by atoms with Crippen molar-refractivity contribution in [3.05, 3.63) is 65.5 Å². The van der Waals surface area contributed by atoms with Crippen LogP contribution in [-0.4, -0.2) is 40.0 Å². The van der Waals surface area contributed by atoms with Crippen molar-refractivity contribution in [2.24, 2.45) is 5.92 Å². The van der Waals surface area contributed by atoms with Crippen molar-refractivity contribution < 1.29 is 14.7 Å². The number of benzene rings is 1. The van der Waals surface area contributed by atoms with Crippen molar-refractivity contribution in [3.63, 3.8) is 0 Å². The van der Waals surface area contributed by atoms with Gasteiger partial charge in [0.25, 0.3) is 0 Å². The molecule has 2 atom stereocenters. The van der Waals surface area contributed by atoms with Gasteiger partial charge in [0.2, 0.25) is 5.91 Å². The number of aliphatic carboxylic acids is 1. The first-order valence-corrected chi connectivity index (χ1v) is 8.51. The molecule has 1 saturated heterocycles. The summed E-state index contributed by atoms with van der Waals surface area (Å²) in [6.45, 7) is 2.74. The lowest BCUT2D eigenvalue weighted by molar-refractivity contribution is -0.141. The van der Waals surface area contributed by atoms with Crippen LogP contribution in [-0.2, 0) is 16.0 Å². The molecule has 0 saturated carbocycles. The highest BCUT2D eigenvalue weighted by molar-refractivity contribution is 5.80. The van der Waals surface area contributed by atoms with E-state index in [4.69, 9.17) is 0 Å². The van der Waals surface area contributed by atoms with Crippen LogP contribution in [0.5, 0.6) is 0 Å². The van der Waals surface area contributed by atoms with E-state index >= 15 is 0 Å². The third-order valence-electron chi connectivity index (χ3n) is 4.95. The van der Waals surface area contributed by atoms with Crippen LogP contribution in [0.15, 0.2) is 48.8 Å². The number of likely N-dealkylation sites (tertiary alicyclic amines) is 1. The molecule has 130 valence electrons. The third-order valence-corrected chi connectivity index (χ3v) is 4.95. The highest BCUT2D eigenvalue weighted by Gasteiger charge is 2.40. The highest BCUT2D eigenvalue weighted by Crippen LogP contribution is 2.34. The summed E-state index contributed by atoms with van der Waals surface area (Å²) in [7, 11) is 0. The minimum Gasteiger partial charge on any atom is -0.481 e. The average Bonchev–Trinajstić information content (AvgIpc) is 3.06. The van der Waals surface area contributed by atoms with Crippen LogP contribution >= 0.6 is 0 Å². The molecule has 2 aromatic rings. The Bertz CT molecular complexity index is 761. The molecule has 5 heteroatoms. The topological polar surface area (TPSA) is 70.5 Å². The average molecular weight is 338 g/mol. The zero-order valence-electron chi connectivity index (χ0n) is 14.3. The smallest absolute Gasteiger partial charge is 0.308 e. The molecule has 5 nitrogen and oxygen atoms in total. The lowest BCUT2D eigenvalue weighted by Gasteiger charge is -2.18. The predicted octanol–water partition coefficient (Wildman–Crippen LogP) is 2.65. The minimum atomic E-state index is -0.835. The number of rotatable bonds is 5. The van der Waals surface area contributed by atoms with E-state index in [-0.39, 0.29) is 18.4 Å². The maximum absolute atomic E-state index is 12.6. The van der Waals surface area contributed by atoms with Gasteiger partial charge in [0.15, 0.2) is 0 Å². The standard InChI is InChI=1S/C20H22N2O3/c1-14-4-2-3-5-16(14)17-12-22(13-18(17)20(24)25)19(23)7-6-15-8-10-21-11-9-15/h2-5,8-11,17-18H,6-7,12-13H2,1H3,(H,24,25)/t17-,18+/m1/s1. The fourth-order valence-corrected chi connectivity index (χ4v) is 3.53. The monoisotopic (exact) mass is 338 g/mol. The number of amides is 1. The zero-order chi connectivity index (χ0) is 17.8. The van der Waals surface area contributed by atoms with Crippen LogP contribution in [0.1, 0.15) is 29.0 Å². The molecule has 1 amide bonds. The number of pyridine rings is 1. The first-order chi connectivity index (χ1) is 12.1. The second kappa shape index (κ2) is 7.47. The Kier molecular flexibility index (Phi) is 5.12. The van der Waals surface area contributed by atoms with Crippen molar-refractivity contribution in [3.8, 4) is 0 Å². The molecule has 1 fully saturated rings. The quantitative estimate of drug-likeness (QED) is 0.910. The minimum absolute atomic E-state index is 0.0131. The summed E-state index contributed by atoms with van der Waals surface area (Å²) in [6.07, 6.45) is 4.45. The molecule has 1 aromatic heterocycles. The van der Waals surface area contributed by atoms with Crippen LogP contribution in [0.3, 0.4) is 0 Å². The van der Waals surface area contributed by atoms with Crippen molar-refractivity contribution in [2.45, 2.75) is 25.7 Å². The first kappa shape index (κ1) is 17.1. The van der Waals surface area contributed by atoms with Crippen molar-refractivity contribution in [1.29, 1.82) is 0 Å². The van der Waals surface area contributed by atoms with E-state index in [1.54, 1.807) is 17.3 Å². The number of hydrogen-bond donors (Lipinski definition) is 1. The molecule has 0 aliphatic carbocycles. The van der Waals surface area contributed by atoms with Gasteiger partial charge in [-0.2, -0.15) is 0 Å². The Morgan fingerprint density at radius 2 is 1.88 bits per heavy atom. The fraction of sp³-hybridized carbons (Fsp3) is 0.350. The zero-order valence-corrected chi connectivity index (χ0v) is 14.3. The number of nitrogens with zero attached hydrogens (tertiary/aromatic N) is 2. The van der Waals surface area contributed by atoms with Crippen LogP contribution in [0.4, 0.5) is 0 Å². The molecule has 1 aliphatic rings. The van der Waals surface area contributed by atoms with Gasteiger partial charge in [0, 0.05) is 37.8 Å². The van der Waals surface area contributed by atoms with Gasteiger partial charge in [-0.3, -0.25) is 14.6 Å². The molecule has 1 aliphatic heterocycles. The molecule has 3 rings (SSSR count). The summed E-state index contributed by atoms with van der Waals surface area (Å²) >= 11 is 0. The second-order valence-electron chi connectivity index (χ2n) is 6.56. The molecule has 25 heavy (non-hydrogen) atoms. The van der Waals surface area contributed by atoms with Gasteiger partial charge in [-0.05, 0) is 42.2 Å². The summed E-state index contributed by atoms with van der Waals surface area (Å²) in [5, 5.41) is 9.60. The molecule has 2 heterocycles. The second-order valence-corrected chi connectivity index (χ2v) is 6.56. The van der Waals surface area contributed by atoms with E-state index in [0.29, 0.717) is 19.4 Å². The van der Waals surface area contributed by atoms with Crippen LogP contribution in [0.25, 0.3) is 0 Å². The van der Waals surface area contributed by atoms with Crippen LogP contribution in [0, 0.1) is 12.8 Å². The van der Waals surface area contributed by atoms with Crippen molar-refractivity contribution in [2.75, 3.05) is 13.1 Å². The van der Waals surface area contributed by atoms with Crippen molar-refractivity contribution in [1.82, 2.24) is 9.88 Å². The molecular formula is C20H22N2O3. The number of carbonyl (C=O) groups excluding carboxylic acids is 1. The Balaban J connectivity index is 1.70. The number of carboxylic acid groups (broad SMARTS) is 1. The van der Waals surface area contributed by atoms with E-state index in [9.17, 15) is 14.7 Å². The Labute approximate surface area is 147 Å². The van der Waals surface area contributed by atoms with Gasteiger partial charge in [-0.25, -0.2) is 0 Å². The number of aryl methyl sites for hydroxylation is 2.